The van der Waals surface area contributed by atoms with Gasteiger partial charge >= 0.3 is 6.18 Å². The molecule has 0 spiro atoms. The van der Waals surface area contributed by atoms with E-state index in [9.17, 15) is 23.1 Å². The zero-order chi connectivity index (χ0) is 13.0. The second-order valence-electron chi connectivity index (χ2n) is 3.66. The molecule has 0 fully saturated rings. The van der Waals surface area contributed by atoms with Crippen LogP contribution in [0.15, 0.2) is 0 Å². The zero-order valence-electron chi connectivity index (χ0n) is 8.91. The van der Waals surface area contributed by atoms with Gasteiger partial charge in [0.15, 0.2) is 5.82 Å². The van der Waals surface area contributed by atoms with E-state index in [0.717, 1.165) is 9.80 Å². The fourth-order valence-corrected chi connectivity index (χ4v) is 1.55. The summed E-state index contributed by atoms with van der Waals surface area (Å²) < 4.78 is 37.3. The molecular weight excluding hydrogens is 241 g/mol. The number of hydrogen-bond donors (Lipinski definition) is 2. The summed E-state index contributed by atoms with van der Waals surface area (Å²) in [6.45, 7) is 0. The Hall–Kier alpha value is -1.77. The van der Waals surface area contributed by atoms with E-state index >= 15 is 0 Å². The number of halogens is 3. The maximum Gasteiger partial charge on any atom is 0.449 e. The molecular formula is C8H9F3N4O2. The molecule has 1 unspecified atom stereocenters. The van der Waals surface area contributed by atoms with Crippen molar-refractivity contribution in [3.05, 3.63) is 11.5 Å². The summed E-state index contributed by atoms with van der Waals surface area (Å²) in [5.41, 5.74) is -0.285. The van der Waals surface area contributed by atoms with Crippen LogP contribution in [0.1, 0.15) is 16.3 Å². The lowest BCUT2D eigenvalue weighted by molar-refractivity contribution is -0.144. The van der Waals surface area contributed by atoms with Gasteiger partial charge in [0, 0.05) is 14.1 Å². The summed E-state index contributed by atoms with van der Waals surface area (Å²) in [6, 6.07) is 0. The lowest BCUT2D eigenvalue weighted by Crippen LogP contribution is -2.52. The van der Waals surface area contributed by atoms with Gasteiger partial charge in [0.1, 0.15) is 5.69 Å². The number of aromatic nitrogens is 2. The number of nitrogens with zero attached hydrogens (tertiary/aromatic N) is 3. The van der Waals surface area contributed by atoms with E-state index in [4.69, 9.17) is 0 Å². The number of carbonyl (C=O) groups is 1. The lowest BCUT2D eigenvalue weighted by atomic mass is 10.3. The number of fused-ring (bicyclic) bond motifs is 1. The number of imidazole rings is 1. The van der Waals surface area contributed by atoms with E-state index in [1.165, 1.54) is 14.1 Å². The van der Waals surface area contributed by atoms with Crippen LogP contribution in [-0.2, 0) is 6.18 Å². The van der Waals surface area contributed by atoms with Gasteiger partial charge in [-0.25, -0.2) is 4.98 Å². The minimum Gasteiger partial charge on any atom is -0.356 e. The van der Waals surface area contributed by atoms with Crippen molar-refractivity contribution in [3.8, 4) is 0 Å². The molecule has 2 rings (SSSR count). The highest BCUT2D eigenvalue weighted by Crippen LogP contribution is 2.32. The first-order valence-corrected chi connectivity index (χ1v) is 4.58. The molecule has 17 heavy (non-hydrogen) atoms. The number of aliphatic hydroxyl groups is 1. The average Bonchev–Trinajstić information content (AvgIpc) is 2.67. The van der Waals surface area contributed by atoms with Crippen LogP contribution >= 0.6 is 0 Å². The Morgan fingerprint density at radius 1 is 1.35 bits per heavy atom. The number of alkyl halides is 3. The first-order valence-electron chi connectivity index (χ1n) is 4.58. The second kappa shape index (κ2) is 3.36. The Morgan fingerprint density at radius 2 is 1.94 bits per heavy atom. The van der Waals surface area contributed by atoms with Crippen LogP contribution in [0.2, 0.25) is 0 Å². The number of anilines is 1. The summed E-state index contributed by atoms with van der Waals surface area (Å²) in [6.07, 6.45) is -6.00. The van der Waals surface area contributed by atoms with Crippen molar-refractivity contribution >= 4 is 11.7 Å². The maximum absolute atomic E-state index is 12.4. The minimum absolute atomic E-state index is 0.215. The fraction of sp³-hybridized carbons (Fsp3) is 0.500. The van der Waals surface area contributed by atoms with E-state index in [2.05, 4.69) is 4.98 Å². The highest BCUT2D eigenvalue weighted by Gasteiger charge is 2.41. The number of hydrogen-bond acceptors (Lipinski definition) is 4. The van der Waals surface area contributed by atoms with Crippen LogP contribution in [0.3, 0.4) is 0 Å². The van der Waals surface area contributed by atoms with Crippen molar-refractivity contribution in [3.63, 3.8) is 0 Å². The van der Waals surface area contributed by atoms with Crippen molar-refractivity contribution in [2.45, 2.75) is 12.5 Å². The summed E-state index contributed by atoms with van der Waals surface area (Å²) in [5, 5.41) is 9.57. The van der Waals surface area contributed by atoms with Crippen LogP contribution in [0.5, 0.6) is 0 Å². The van der Waals surface area contributed by atoms with E-state index in [0.29, 0.717) is 0 Å². The molecule has 0 aromatic carbocycles. The normalized spacial score (nSPS) is 20.8. The molecule has 6 nitrogen and oxygen atoms in total. The Morgan fingerprint density at radius 3 is 2.47 bits per heavy atom. The summed E-state index contributed by atoms with van der Waals surface area (Å²) >= 11 is 0. The molecule has 94 valence electrons. The molecule has 0 saturated heterocycles. The van der Waals surface area contributed by atoms with Crippen molar-refractivity contribution in [2.75, 3.05) is 19.0 Å². The molecule has 1 aromatic rings. The highest BCUT2D eigenvalue weighted by molar-refractivity contribution is 5.99. The van der Waals surface area contributed by atoms with Gasteiger partial charge < -0.3 is 15.0 Å². The van der Waals surface area contributed by atoms with Gasteiger partial charge in [-0.1, -0.05) is 0 Å². The molecule has 0 radical (unpaired) electrons. The number of aliphatic hydroxyl groups excluding tert-OH is 1. The van der Waals surface area contributed by atoms with Gasteiger partial charge in [-0.3, -0.25) is 9.69 Å². The first-order chi connectivity index (χ1) is 7.73. The quantitative estimate of drug-likeness (QED) is 0.691. The second-order valence-corrected chi connectivity index (χ2v) is 3.66. The van der Waals surface area contributed by atoms with Gasteiger partial charge in [-0.15, -0.1) is 0 Å². The summed E-state index contributed by atoms with van der Waals surface area (Å²) in [5.74, 6) is -2.22. The van der Waals surface area contributed by atoms with Crippen molar-refractivity contribution in [1.82, 2.24) is 14.9 Å². The minimum atomic E-state index is -4.66. The number of H-pyrrole nitrogens is 1. The molecule has 2 N–H and O–H groups in total. The predicted octanol–water partition coefficient (Wildman–Crippen LogP) is 0.226. The van der Waals surface area contributed by atoms with Crippen LogP contribution in [0, 0.1) is 0 Å². The van der Waals surface area contributed by atoms with Crippen molar-refractivity contribution in [2.24, 2.45) is 0 Å². The van der Waals surface area contributed by atoms with E-state index in [-0.39, 0.29) is 11.5 Å². The van der Waals surface area contributed by atoms with Gasteiger partial charge in [0.25, 0.3) is 5.91 Å². The maximum atomic E-state index is 12.4. The summed E-state index contributed by atoms with van der Waals surface area (Å²) in [4.78, 5) is 18.8. The molecule has 1 aliphatic heterocycles. The van der Waals surface area contributed by atoms with Gasteiger partial charge in [0.2, 0.25) is 12.2 Å². The Balaban J connectivity index is 2.54. The molecule has 1 amide bonds. The average molecular weight is 250 g/mol. The third kappa shape index (κ3) is 1.62. The Bertz CT molecular complexity index is 470. The standard InChI is InChI=1S/C8H9F3N4O2/c1-14-4-3(5(16)15(2)7(14)17)12-6(13-4)8(9,10)11/h7,17H,1-2H3,(H,12,13). The zero-order valence-corrected chi connectivity index (χ0v) is 8.91. The SMILES string of the molecule is CN1C(=O)c2[nH]c(C(F)(F)F)nc2N(C)C1O. The number of nitrogens with one attached hydrogen (secondary N) is 1. The van der Waals surface area contributed by atoms with E-state index in [1.807, 2.05) is 4.98 Å². The lowest BCUT2D eigenvalue weighted by Gasteiger charge is -2.35. The van der Waals surface area contributed by atoms with Crippen LogP contribution < -0.4 is 4.90 Å². The molecule has 1 aromatic heterocycles. The number of carbonyl (C=O) groups excluding carboxylic acids is 1. The van der Waals surface area contributed by atoms with Crippen molar-refractivity contribution in [1.29, 1.82) is 0 Å². The largest absolute Gasteiger partial charge is 0.449 e. The van der Waals surface area contributed by atoms with Gasteiger partial charge in [-0.05, 0) is 0 Å². The van der Waals surface area contributed by atoms with Gasteiger partial charge in [0.05, 0.1) is 0 Å². The third-order valence-electron chi connectivity index (χ3n) is 2.51. The number of aromatic amines is 1. The van der Waals surface area contributed by atoms with E-state index < -0.39 is 24.3 Å². The Labute approximate surface area is 93.7 Å². The summed E-state index contributed by atoms with van der Waals surface area (Å²) in [7, 11) is 2.62. The first kappa shape index (κ1) is 11.7. The number of rotatable bonds is 0. The monoisotopic (exact) mass is 250 g/mol. The van der Waals surface area contributed by atoms with E-state index in [1.54, 1.807) is 0 Å². The van der Waals surface area contributed by atoms with Gasteiger partial charge in [-0.2, -0.15) is 13.2 Å². The van der Waals surface area contributed by atoms with Crippen molar-refractivity contribution < 1.29 is 23.1 Å². The van der Waals surface area contributed by atoms with Crippen LogP contribution in [0.25, 0.3) is 0 Å². The molecule has 0 bridgehead atoms. The molecule has 0 saturated carbocycles. The predicted molar refractivity (Wildman–Crippen MR) is 50.1 cm³/mol. The molecule has 0 aliphatic carbocycles. The fourth-order valence-electron chi connectivity index (χ4n) is 1.55. The van der Waals surface area contributed by atoms with Crippen LogP contribution in [0.4, 0.5) is 19.0 Å². The number of amides is 1. The smallest absolute Gasteiger partial charge is 0.356 e. The van der Waals surface area contributed by atoms with Crippen LogP contribution in [-0.4, -0.2) is 46.3 Å². The third-order valence-corrected chi connectivity index (χ3v) is 2.51. The Kier molecular flexibility index (Phi) is 2.31. The molecule has 2 heterocycles. The topological polar surface area (TPSA) is 72.5 Å². The highest BCUT2D eigenvalue weighted by atomic mass is 19.4. The molecule has 1 aliphatic rings. The molecule has 9 heteroatoms. The molecule has 1 atom stereocenters.